The highest BCUT2D eigenvalue weighted by Gasteiger charge is 2.28. The van der Waals surface area contributed by atoms with Gasteiger partial charge in [-0.15, -0.1) is 0 Å². The molecule has 0 atom stereocenters. The lowest BCUT2D eigenvalue weighted by Crippen LogP contribution is -2.20. The van der Waals surface area contributed by atoms with Gasteiger partial charge in [-0.2, -0.15) is 13.2 Å². The molecule has 1 aromatic rings. The molecule has 0 aliphatic carbocycles. The van der Waals surface area contributed by atoms with Gasteiger partial charge < -0.3 is 4.74 Å². The van der Waals surface area contributed by atoms with Crippen LogP contribution in [-0.4, -0.2) is 25.2 Å². The van der Waals surface area contributed by atoms with Crippen LogP contribution in [0.25, 0.3) is 0 Å². The number of hydrogen-bond donors (Lipinski definition) is 0. The number of alkyl halides is 3. The van der Waals surface area contributed by atoms with E-state index in [-0.39, 0.29) is 0 Å². The van der Waals surface area contributed by atoms with Gasteiger partial charge in [-0.3, -0.25) is 4.79 Å². The van der Waals surface area contributed by atoms with Crippen molar-refractivity contribution < 1.29 is 31.5 Å². The number of hydrogen-bond acceptors (Lipinski definition) is 2. The van der Waals surface area contributed by atoms with Gasteiger partial charge in [0.15, 0.2) is 5.78 Å². The fraction of sp³-hybridized carbons (Fsp3) is 0.300. The van der Waals surface area contributed by atoms with Crippen molar-refractivity contribution >= 4 is 5.78 Å². The van der Waals surface area contributed by atoms with Crippen molar-refractivity contribution in [2.24, 2.45) is 0 Å². The van der Waals surface area contributed by atoms with Crippen LogP contribution >= 0.6 is 0 Å². The monoisotopic (exact) mass is 254 g/mol. The fourth-order valence-corrected chi connectivity index (χ4v) is 1.05. The molecule has 0 bridgehead atoms. The highest BCUT2D eigenvalue weighted by molar-refractivity contribution is 5.97. The Kier molecular flexibility index (Phi) is 4.17. The molecule has 0 heterocycles. The van der Waals surface area contributed by atoms with E-state index in [0.717, 1.165) is 12.1 Å². The average molecular weight is 254 g/mol. The summed E-state index contributed by atoms with van der Waals surface area (Å²) in [5, 5.41) is 0. The number of ether oxygens (including phenoxy) is 1. The summed E-state index contributed by atoms with van der Waals surface area (Å²) >= 11 is 0. The molecule has 0 amide bonds. The highest BCUT2D eigenvalue weighted by atomic mass is 19.4. The third-order valence-electron chi connectivity index (χ3n) is 1.73. The standard InChI is InChI=1S/C10H7F5O2/c11-6-1-2-7(8(12)3-6)9(16)4-17-5-10(13,14)15/h1-3H,4-5H2. The highest BCUT2D eigenvalue weighted by Crippen LogP contribution is 2.15. The number of rotatable bonds is 4. The molecule has 0 spiro atoms. The van der Waals surface area contributed by atoms with E-state index in [1.165, 1.54) is 0 Å². The Morgan fingerprint density at radius 2 is 1.88 bits per heavy atom. The van der Waals surface area contributed by atoms with Crippen LogP contribution in [0.5, 0.6) is 0 Å². The number of ketones is 1. The predicted octanol–water partition coefficient (Wildman–Crippen LogP) is 2.73. The van der Waals surface area contributed by atoms with Gasteiger partial charge in [0.1, 0.15) is 24.8 Å². The quantitative estimate of drug-likeness (QED) is 0.610. The average Bonchev–Trinajstić information content (AvgIpc) is 2.15. The molecule has 1 rings (SSSR count). The maximum Gasteiger partial charge on any atom is 0.411 e. The topological polar surface area (TPSA) is 26.3 Å². The van der Waals surface area contributed by atoms with Crippen molar-refractivity contribution in [3.05, 3.63) is 35.4 Å². The van der Waals surface area contributed by atoms with Gasteiger partial charge in [0.05, 0.1) is 5.56 Å². The number of benzene rings is 1. The summed E-state index contributed by atoms with van der Waals surface area (Å²) < 4.78 is 64.6. The minimum Gasteiger partial charge on any atom is -0.364 e. The summed E-state index contributed by atoms with van der Waals surface area (Å²) in [6.45, 7) is -2.51. The molecule has 0 aliphatic rings. The maximum atomic E-state index is 13.0. The molecule has 0 aromatic heterocycles. The van der Waals surface area contributed by atoms with Gasteiger partial charge in [0, 0.05) is 6.07 Å². The number of carbonyl (C=O) groups is 1. The van der Waals surface area contributed by atoms with Crippen LogP contribution in [0, 0.1) is 11.6 Å². The SMILES string of the molecule is O=C(COCC(F)(F)F)c1ccc(F)cc1F. The van der Waals surface area contributed by atoms with Crippen LogP contribution in [-0.2, 0) is 4.74 Å². The normalized spacial score (nSPS) is 11.6. The smallest absolute Gasteiger partial charge is 0.364 e. The number of carbonyl (C=O) groups excluding carboxylic acids is 1. The van der Waals surface area contributed by atoms with Gasteiger partial charge in [-0.05, 0) is 12.1 Å². The van der Waals surface area contributed by atoms with E-state index in [9.17, 15) is 26.7 Å². The predicted molar refractivity (Wildman–Crippen MR) is 47.6 cm³/mol. The number of Topliss-reactive ketones (excluding diaryl/α,β-unsaturated/α-hetero) is 1. The van der Waals surface area contributed by atoms with Gasteiger partial charge >= 0.3 is 6.18 Å². The summed E-state index contributed by atoms with van der Waals surface area (Å²) in [6.07, 6.45) is -4.55. The van der Waals surface area contributed by atoms with E-state index in [1.54, 1.807) is 0 Å². The van der Waals surface area contributed by atoms with E-state index in [4.69, 9.17) is 0 Å². The van der Waals surface area contributed by atoms with E-state index >= 15 is 0 Å². The van der Waals surface area contributed by atoms with Crippen LogP contribution in [0.15, 0.2) is 18.2 Å². The molecule has 17 heavy (non-hydrogen) atoms. The molecule has 0 radical (unpaired) electrons. The second-order valence-corrected chi connectivity index (χ2v) is 3.16. The zero-order valence-corrected chi connectivity index (χ0v) is 8.35. The van der Waals surface area contributed by atoms with Gasteiger partial charge in [-0.1, -0.05) is 0 Å². The second-order valence-electron chi connectivity index (χ2n) is 3.16. The van der Waals surface area contributed by atoms with Crippen molar-refractivity contribution in [1.29, 1.82) is 0 Å². The van der Waals surface area contributed by atoms with Crippen molar-refractivity contribution in [3.63, 3.8) is 0 Å². The van der Waals surface area contributed by atoms with E-state index in [0.29, 0.717) is 6.07 Å². The zero-order chi connectivity index (χ0) is 13.1. The van der Waals surface area contributed by atoms with Gasteiger partial charge in [0.25, 0.3) is 0 Å². The second kappa shape index (κ2) is 5.22. The van der Waals surface area contributed by atoms with E-state index < -0.39 is 42.4 Å². The maximum absolute atomic E-state index is 13.0. The molecule has 0 saturated heterocycles. The first-order valence-electron chi connectivity index (χ1n) is 4.42. The molecule has 0 saturated carbocycles. The Balaban J connectivity index is 2.59. The van der Waals surface area contributed by atoms with Crippen LogP contribution in [0.1, 0.15) is 10.4 Å². The summed E-state index contributed by atoms with van der Waals surface area (Å²) in [5.74, 6) is -2.99. The third kappa shape index (κ3) is 4.48. The lowest BCUT2D eigenvalue weighted by Gasteiger charge is -2.07. The first-order chi connectivity index (χ1) is 7.79. The first-order valence-corrected chi connectivity index (χ1v) is 4.42. The fourth-order valence-electron chi connectivity index (χ4n) is 1.05. The Morgan fingerprint density at radius 1 is 1.24 bits per heavy atom. The zero-order valence-electron chi connectivity index (χ0n) is 8.35. The summed E-state index contributed by atoms with van der Waals surface area (Å²) in [6, 6.07) is 2.15. The first kappa shape index (κ1) is 13.6. The van der Waals surface area contributed by atoms with E-state index in [2.05, 4.69) is 4.74 Å². The molecular formula is C10H7F5O2. The lowest BCUT2D eigenvalue weighted by atomic mass is 10.1. The molecule has 94 valence electrons. The third-order valence-corrected chi connectivity index (χ3v) is 1.73. The molecule has 0 unspecified atom stereocenters. The molecular weight excluding hydrogens is 247 g/mol. The van der Waals surface area contributed by atoms with E-state index in [1.807, 2.05) is 0 Å². The summed E-state index contributed by atoms with van der Waals surface area (Å²) in [7, 11) is 0. The van der Waals surface area contributed by atoms with Crippen molar-refractivity contribution in [3.8, 4) is 0 Å². The number of halogens is 5. The van der Waals surface area contributed by atoms with Gasteiger partial charge in [-0.25, -0.2) is 8.78 Å². The lowest BCUT2D eigenvalue weighted by molar-refractivity contribution is -0.170. The Morgan fingerprint density at radius 3 is 2.41 bits per heavy atom. The molecule has 2 nitrogen and oxygen atoms in total. The van der Waals surface area contributed by atoms with Crippen molar-refractivity contribution in [2.75, 3.05) is 13.2 Å². The van der Waals surface area contributed by atoms with Crippen LogP contribution in [0.2, 0.25) is 0 Å². The minimum absolute atomic E-state index is 0.469. The Hall–Kier alpha value is -1.50. The van der Waals surface area contributed by atoms with Crippen molar-refractivity contribution in [1.82, 2.24) is 0 Å². The van der Waals surface area contributed by atoms with Gasteiger partial charge in [0.2, 0.25) is 0 Å². The summed E-state index contributed by atoms with van der Waals surface area (Å²) in [5.41, 5.74) is -0.506. The van der Waals surface area contributed by atoms with Crippen molar-refractivity contribution in [2.45, 2.75) is 6.18 Å². The molecule has 0 N–H and O–H groups in total. The van der Waals surface area contributed by atoms with Crippen LogP contribution < -0.4 is 0 Å². The summed E-state index contributed by atoms with van der Waals surface area (Å²) in [4.78, 5) is 11.2. The molecule has 0 aliphatic heterocycles. The molecule has 0 fully saturated rings. The van der Waals surface area contributed by atoms with Crippen LogP contribution in [0.3, 0.4) is 0 Å². The Labute approximate surface area is 93.0 Å². The van der Waals surface area contributed by atoms with Crippen LogP contribution in [0.4, 0.5) is 22.0 Å². The largest absolute Gasteiger partial charge is 0.411 e. The molecule has 1 aromatic carbocycles. The molecule has 7 heteroatoms. The Bertz CT molecular complexity index is 414. The minimum atomic E-state index is -4.55.